The molecule has 0 aliphatic carbocycles. The summed E-state index contributed by atoms with van der Waals surface area (Å²) in [4.78, 5) is 14.1. The van der Waals surface area contributed by atoms with Gasteiger partial charge in [0.05, 0.1) is 24.3 Å². The first-order valence-corrected chi connectivity index (χ1v) is 7.05. The molecule has 2 heterocycles. The molecule has 5 nitrogen and oxygen atoms in total. The van der Waals surface area contributed by atoms with Crippen LogP contribution in [0.2, 0.25) is 0 Å². The van der Waals surface area contributed by atoms with Crippen molar-refractivity contribution in [2.75, 3.05) is 13.1 Å². The number of nitrogens with zero attached hydrogens (tertiary/aromatic N) is 3. The molecule has 1 aliphatic rings. The molecule has 2 unspecified atom stereocenters. The molecule has 1 saturated heterocycles. The van der Waals surface area contributed by atoms with Crippen molar-refractivity contribution in [3.63, 3.8) is 0 Å². The summed E-state index contributed by atoms with van der Waals surface area (Å²) in [6.45, 7) is 5.44. The molecule has 1 amide bonds. The van der Waals surface area contributed by atoms with Gasteiger partial charge in [-0.3, -0.25) is 4.79 Å². The van der Waals surface area contributed by atoms with Crippen LogP contribution in [0.15, 0.2) is 0 Å². The zero-order valence-corrected chi connectivity index (χ0v) is 12.8. The van der Waals surface area contributed by atoms with Gasteiger partial charge in [0, 0.05) is 24.3 Å². The van der Waals surface area contributed by atoms with E-state index in [0.717, 1.165) is 0 Å². The fraction of sp³-hybridized carbons (Fsp3) is 0.714. The maximum Gasteiger partial charge on any atom is 0.333 e. The first-order chi connectivity index (χ1) is 9.79. The zero-order valence-electron chi connectivity index (χ0n) is 12.8. The molecule has 2 rings (SSSR count). The molecule has 2 atom stereocenters. The largest absolute Gasteiger partial charge is 0.372 e. The van der Waals surface area contributed by atoms with E-state index < -0.39 is 6.55 Å². The van der Waals surface area contributed by atoms with Crippen molar-refractivity contribution < 1.29 is 18.3 Å². The van der Waals surface area contributed by atoms with Crippen molar-refractivity contribution in [2.24, 2.45) is 0 Å². The number of morpholine rings is 1. The highest BCUT2D eigenvalue weighted by atomic mass is 19.3. The molecule has 0 radical (unpaired) electrons. The Bertz CT molecular complexity index is 521. The first kappa shape index (κ1) is 15.9. The van der Waals surface area contributed by atoms with Crippen molar-refractivity contribution in [1.82, 2.24) is 14.7 Å². The lowest BCUT2D eigenvalue weighted by molar-refractivity contribution is -0.142. The number of amides is 1. The highest BCUT2D eigenvalue weighted by Crippen LogP contribution is 2.21. The summed E-state index contributed by atoms with van der Waals surface area (Å²) >= 11 is 0. The van der Waals surface area contributed by atoms with Crippen LogP contribution in [-0.2, 0) is 16.0 Å². The van der Waals surface area contributed by atoms with Crippen molar-refractivity contribution in [1.29, 1.82) is 0 Å². The second-order valence-electron chi connectivity index (χ2n) is 5.60. The van der Waals surface area contributed by atoms with Crippen molar-refractivity contribution in [3.05, 3.63) is 17.0 Å². The molecule has 1 aromatic heterocycles. The van der Waals surface area contributed by atoms with E-state index in [4.69, 9.17) is 4.74 Å². The van der Waals surface area contributed by atoms with Crippen molar-refractivity contribution >= 4 is 5.91 Å². The van der Waals surface area contributed by atoms with Gasteiger partial charge in [0.25, 0.3) is 0 Å². The summed E-state index contributed by atoms with van der Waals surface area (Å²) in [5.74, 6) is -0.0722. The summed E-state index contributed by atoms with van der Waals surface area (Å²) < 4.78 is 31.9. The Morgan fingerprint density at radius 2 is 1.90 bits per heavy atom. The fourth-order valence-electron chi connectivity index (χ4n) is 2.79. The standard InChI is InChI=1S/C14H21F2N3O2/c1-8-6-18(7-9(2)21-8)13(20)5-12-10(3)17-19(11(12)4)14(15)16/h8-9,14H,5-7H2,1-4H3. The number of alkyl halides is 2. The van der Waals surface area contributed by atoms with Gasteiger partial charge in [-0.15, -0.1) is 0 Å². The van der Waals surface area contributed by atoms with E-state index in [2.05, 4.69) is 5.10 Å². The molecule has 0 saturated carbocycles. The molecule has 1 aromatic rings. The summed E-state index contributed by atoms with van der Waals surface area (Å²) in [6.07, 6.45) is 0.0801. The topological polar surface area (TPSA) is 47.4 Å². The van der Waals surface area contributed by atoms with Gasteiger partial charge in [-0.25, -0.2) is 4.68 Å². The minimum Gasteiger partial charge on any atom is -0.372 e. The van der Waals surface area contributed by atoms with Gasteiger partial charge < -0.3 is 9.64 Å². The monoisotopic (exact) mass is 301 g/mol. The predicted octanol–water partition coefficient (Wildman–Crippen LogP) is 2.07. The van der Waals surface area contributed by atoms with Gasteiger partial charge in [-0.1, -0.05) is 0 Å². The minimum absolute atomic E-state index is 0.0105. The normalized spacial score (nSPS) is 22.9. The Labute approximate surface area is 122 Å². The second kappa shape index (κ2) is 6.09. The van der Waals surface area contributed by atoms with E-state index in [0.29, 0.717) is 34.7 Å². The van der Waals surface area contributed by atoms with Crippen LogP contribution in [0.1, 0.15) is 37.3 Å². The number of rotatable bonds is 3. The van der Waals surface area contributed by atoms with Gasteiger partial charge in [-0.2, -0.15) is 13.9 Å². The molecule has 0 aromatic carbocycles. The molecule has 0 spiro atoms. The molecule has 0 bridgehead atoms. The molecular weight excluding hydrogens is 280 g/mol. The van der Waals surface area contributed by atoms with Crippen LogP contribution in [0.5, 0.6) is 0 Å². The quantitative estimate of drug-likeness (QED) is 0.858. The van der Waals surface area contributed by atoms with Gasteiger partial charge >= 0.3 is 6.55 Å². The van der Waals surface area contributed by atoms with Crippen LogP contribution in [0, 0.1) is 13.8 Å². The van der Waals surface area contributed by atoms with E-state index in [9.17, 15) is 13.6 Å². The number of ether oxygens (including phenoxy) is 1. The molecule has 0 N–H and O–H groups in total. The SMILES string of the molecule is Cc1nn(C(F)F)c(C)c1CC(=O)N1CC(C)OC(C)C1. The number of carbonyl (C=O) groups excluding carboxylic acids is 1. The lowest BCUT2D eigenvalue weighted by Crippen LogP contribution is -2.48. The maximum atomic E-state index is 12.8. The first-order valence-electron chi connectivity index (χ1n) is 7.05. The maximum absolute atomic E-state index is 12.8. The zero-order chi connectivity index (χ0) is 15.7. The third kappa shape index (κ3) is 3.40. The Morgan fingerprint density at radius 1 is 1.33 bits per heavy atom. The number of aryl methyl sites for hydroxylation is 1. The predicted molar refractivity (Wildman–Crippen MR) is 73.2 cm³/mol. The Hall–Kier alpha value is -1.50. The summed E-state index contributed by atoms with van der Waals surface area (Å²) in [6, 6.07) is 0. The molecule has 1 fully saturated rings. The second-order valence-corrected chi connectivity index (χ2v) is 5.60. The number of carbonyl (C=O) groups is 1. The van der Waals surface area contributed by atoms with Crippen LogP contribution in [0.3, 0.4) is 0 Å². The Kier molecular flexibility index (Phi) is 4.61. The molecule has 118 valence electrons. The van der Waals surface area contributed by atoms with Gasteiger partial charge in [0.15, 0.2) is 0 Å². The van der Waals surface area contributed by atoms with Crippen LogP contribution in [-0.4, -0.2) is 45.9 Å². The van der Waals surface area contributed by atoms with E-state index in [1.807, 2.05) is 13.8 Å². The van der Waals surface area contributed by atoms with Crippen LogP contribution < -0.4 is 0 Å². The van der Waals surface area contributed by atoms with Crippen LogP contribution >= 0.6 is 0 Å². The molecular formula is C14H21F2N3O2. The highest BCUT2D eigenvalue weighted by molar-refractivity contribution is 5.79. The summed E-state index contributed by atoms with van der Waals surface area (Å²) in [5, 5.41) is 3.81. The highest BCUT2D eigenvalue weighted by Gasteiger charge is 2.27. The minimum atomic E-state index is -2.68. The van der Waals surface area contributed by atoms with Crippen LogP contribution in [0.4, 0.5) is 8.78 Å². The van der Waals surface area contributed by atoms with E-state index >= 15 is 0 Å². The lowest BCUT2D eigenvalue weighted by atomic mass is 10.1. The molecule has 7 heteroatoms. The lowest BCUT2D eigenvalue weighted by Gasteiger charge is -2.35. The average Bonchev–Trinajstić information content (AvgIpc) is 2.65. The Morgan fingerprint density at radius 3 is 2.38 bits per heavy atom. The average molecular weight is 301 g/mol. The number of hydrogen-bond acceptors (Lipinski definition) is 3. The number of hydrogen-bond donors (Lipinski definition) is 0. The number of halogens is 2. The van der Waals surface area contributed by atoms with Crippen molar-refractivity contribution in [3.8, 4) is 0 Å². The summed E-state index contributed by atoms with van der Waals surface area (Å²) in [5.41, 5.74) is 1.42. The smallest absolute Gasteiger partial charge is 0.333 e. The molecule has 1 aliphatic heterocycles. The van der Waals surface area contributed by atoms with Gasteiger partial charge in [0.2, 0.25) is 5.91 Å². The van der Waals surface area contributed by atoms with Crippen LogP contribution in [0.25, 0.3) is 0 Å². The molecule has 21 heavy (non-hydrogen) atoms. The Balaban J connectivity index is 2.13. The van der Waals surface area contributed by atoms with E-state index in [-0.39, 0.29) is 24.5 Å². The van der Waals surface area contributed by atoms with E-state index in [1.165, 1.54) is 0 Å². The summed E-state index contributed by atoms with van der Waals surface area (Å²) in [7, 11) is 0. The van der Waals surface area contributed by atoms with Crippen molar-refractivity contribution in [2.45, 2.75) is 52.9 Å². The van der Waals surface area contributed by atoms with E-state index in [1.54, 1.807) is 18.7 Å². The fourth-order valence-corrected chi connectivity index (χ4v) is 2.79. The number of aromatic nitrogens is 2. The van der Waals surface area contributed by atoms with Gasteiger partial charge in [0.1, 0.15) is 0 Å². The third-order valence-corrected chi connectivity index (χ3v) is 3.76. The third-order valence-electron chi connectivity index (χ3n) is 3.76. The van der Waals surface area contributed by atoms with Gasteiger partial charge in [-0.05, 0) is 27.7 Å².